The standard InChI is InChI=1S/C22H16BrN5O2/c1-2-28-16-9-8-13(23)10-14(16)22(21(28)29)15(11-24)19(25)30-20-17(22)18(26-27-20)12-6-4-3-5-7-12/h3-10H,2,25H2,1H3,(H,26,27)/t22-/m0/s1. The summed E-state index contributed by atoms with van der Waals surface area (Å²) in [6.45, 7) is 2.35. The molecule has 0 bridgehead atoms. The van der Waals surface area contributed by atoms with Crippen molar-refractivity contribution in [2.24, 2.45) is 5.73 Å². The zero-order valence-corrected chi connectivity index (χ0v) is 17.5. The minimum Gasteiger partial charge on any atom is -0.420 e. The van der Waals surface area contributed by atoms with E-state index in [2.05, 4.69) is 32.2 Å². The molecule has 3 heterocycles. The number of anilines is 1. The summed E-state index contributed by atoms with van der Waals surface area (Å²) >= 11 is 3.51. The van der Waals surface area contributed by atoms with Gasteiger partial charge in [-0.05, 0) is 25.1 Å². The number of nitriles is 1. The van der Waals surface area contributed by atoms with Crippen molar-refractivity contribution in [1.29, 1.82) is 5.26 Å². The van der Waals surface area contributed by atoms with Crippen LogP contribution in [-0.2, 0) is 10.2 Å². The van der Waals surface area contributed by atoms with E-state index >= 15 is 0 Å². The van der Waals surface area contributed by atoms with Gasteiger partial charge in [0.05, 0.1) is 11.3 Å². The van der Waals surface area contributed by atoms with E-state index in [0.29, 0.717) is 23.4 Å². The lowest BCUT2D eigenvalue weighted by molar-refractivity contribution is -0.120. The smallest absolute Gasteiger partial charge is 0.247 e. The first-order valence-electron chi connectivity index (χ1n) is 9.38. The SMILES string of the molecule is CCN1C(=O)[C@]2(C(C#N)=C(N)Oc3n[nH]c(-c4ccccc4)c32)c2cc(Br)ccc21. The highest BCUT2D eigenvalue weighted by atomic mass is 79.9. The van der Waals surface area contributed by atoms with Crippen molar-refractivity contribution in [2.45, 2.75) is 12.3 Å². The Morgan fingerprint density at radius 3 is 2.77 bits per heavy atom. The second-order valence-electron chi connectivity index (χ2n) is 7.06. The summed E-state index contributed by atoms with van der Waals surface area (Å²) in [5.74, 6) is -0.170. The van der Waals surface area contributed by atoms with Crippen LogP contribution < -0.4 is 15.4 Å². The number of hydrogen-bond acceptors (Lipinski definition) is 5. The largest absolute Gasteiger partial charge is 0.420 e. The number of amides is 1. The number of aromatic nitrogens is 2. The van der Waals surface area contributed by atoms with E-state index in [1.807, 2.05) is 55.5 Å². The van der Waals surface area contributed by atoms with Gasteiger partial charge in [0.15, 0.2) is 0 Å². The van der Waals surface area contributed by atoms with Crippen LogP contribution >= 0.6 is 15.9 Å². The average molecular weight is 462 g/mol. The van der Waals surface area contributed by atoms with Crippen LogP contribution in [0.5, 0.6) is 5.88 Å². The molecule has 0 saturated carbocycles. The Kier molecular flexibility index (Phi) is 3.98. The van der Waals surface area contributed by atoms with E-state index in [4.69, 9.17) is 10.5 Å². The highest BCUT2D eigenvalue weighted by Crippen LogP contribution is 2.57. The van der Waals surface area contributed by atoms with Crippen LogP contribution in [0.1, 0.15) is 18.1 Å². The monoisotopic (exact) mass is 461 g/mol. The van der Waals surface area contributed by atoms with Crippen molar-refractivity contribution < 1.29 is 9.53 Å². The number of benzene rings is 2. The number of carbonyl (C=O) groups excluding carboxylic acids is 1. The molecule has 1 spiro atoms. The van der Waals surface area contributed by atoms with Crippen molar-refractivity contribution in [3.05, 3.63) is 75.6 Å². The lowest BCUT2D eigenvalue weighted by atomic mass is 9.68. The minimum atomic E-state index is -1.44. The van der Waals surface area contributed by atoms with Gasteiger partial charge in [-0.1, -0.05) is 46.3 Å². The summed E-state index contributed by atoms with van der Waals surface area (Å²) in [7, 11) is 0. The number of likely N-dealkylation sites (N-methyl/N-ethyl adjacent to an activating group) is 1. The number of ether oxygens (including phenoxy) is 1. The van der Waals surface area contributed by atoms with Gasteiger partial charge in [0, 0.05) is 27.8 Å². The molecule has 1 atom stereocenters. The Morgan fingerprint density at radius 2 is 2.07 bits per heavy atom. The molecule has 148 valence electrons. The van der Waals surface area contributed by atoms with Gasteiger partial charge in [-0.25, -0.2) is 0 Å². The van der Waals surface area contributed by atoms with Gasteiger partial charge in [-0.2, -0.15) is 5.26 Å². The highest BCUT2D eigenvalue weighted by Gasteiger charge is 2.61. The Labute approximate surface area is 180 Å². The summed E-state index contributed by atoms with van der Waals surface area (Å²) in [6.07, 6.45) is 0. The van der Waals surface area contributed by atoms with Gasteiger partial charge in [0.1, 0.15) is 17.1 Å². The zero-order valence-electron chi connectivity index (χ0n) is 15.9. The Hall–Kier alpha value is -3.57. The first-order valence-corrected chi connectivity index (χ1v) is 10.2. The summed E-state index contributed by atoms with van der Waals surface area (Å²) in [5, 5.41) is 17.4. The summed E-state index contributed by atoms with van der Waals surface area (Å²) in [5.41, 5.74) is 8.12. The van der Waals surface area contributed by atoms with E-state index in [0.717, 1.165) is 15.7 Å². The second-order valence-corrected chi connectivity index (χ2v) is 7.97. The molecule has 30 heavy (non-hydrogen) atoms. The summed E-state index contributed by atoms with van der Waals surface area (Å²) in [6, 6.07) is 17.3. The number of nitrogens with zero attached hydrogens (tertiary/aromatic N) is 3. The van der Waals surface area contributed by atoms with Crippen LogP contribution in [0.3, 0.4) is 0 Å². The Bertz CT molecular complexity index is 1270. The van der Waals surface area contributed by atoms with Crippen LogP contribution in [0.25, 0.3) is 11.3 Å². The van der Waals surface area contributed by atoms with Gasteiger partial charge in [0.25, 0.3) is 0 Å². The number of nitrogens with two attached hydrogens (primary N) is 1. The second kappa shape index (κ2) is 6.47. The fraction of sp³-hybridized carbons (Fsp3) is 0.136. The normalized spacial score (nSPS) is 19.5. The molecule has 2 aromatic carbocycles. The molecule has 2 aliphatic rings. The molecule has 0 unspecified atom stereocenters. The van der Waals surface area contributed by atoms with Crippen molar-refractivity contribution in [3.8, 4) is 23.2 Å². The van der Waals surface area contributed by atoms with E-state index in [1.165, 1.54) is 0 Å². The Balaban J connectivity index is 1.94. The molecule has 0 saturated heterocycles. The highest BCUT2D eigenvalue weighted by molar-refractivity contribution is 9.10. The molecule has 7 nitrogen and oxygen atoms in total. The topological polar surface area (TPSA) is 108 Å². The maximum absolute atomic E-state index is 14.0. The third kappa shape index (κ3) is 2.18. The van der Waals surface area contributed by atoms with Gasteiger partial charge in [-0.15, -0.1) is 5.10 Å². The number of H-pyrrole nitrogens is 1. The zero-order chi connectivity index (χ0) is 21.0. The fourth-order valence-electron chi connectivity index (χ4n) is 4.43. The molecule has 5 rings (SSSR count). The predicted octanol–water partition coefficient (Wildman–Crippen LogP) is 3.58. The molecule has 1 amide bonds. The first kappa shape index (κ1) is 18.5. The Morgan fingerprint density at radius 1 is 1.30 bits per heavy atom. The summed E-state index contributed by atoms with van der Waals surface area (Å²) in [4.78, 5) is 15.7. The first-order chi connectivity index (χ1) is 14.5. The van der Waals surface area contributed by atoms with Crippen LogP contribution in [0, 0.1) is 11.3 Å². The van der Waals surface area contributed by atoms with E-state index in [-0.39, 0.29) is 23.2 Å². The van der Waals surface area contributed by atoms with Crippen LogP contribution in [0.15, 0.2) is 64.5 Å². The number of nitrogens with one attached hydrogen (secondary N) is 1. The van der Waals surface area contributed by atoms with Crippen molar-refractivity contribution >= 4 is 27.5 Å². The van der Waals surface area contributed by atoms with Crippen molar-refractivity contribution in [1.82, 2.24) is 10.2 Å². The number of halogens is 1. The predicted molar refractivity (Wildman–Crippen MR) is 114 cm³/mol. The molecular formula is C22H16BrN5O2. The van der Waals surface area contributed by atoms with Crippen LogP contribution in [-0.4, -0.2) is 22.6 Å². The molecule has 3 N–H and O–H groups in total. The molecule has 0 radical (unpaired) electrons. The number of fused-ring (bicyclic) bond motifs is 4. The van der Waals surface area contributed by atoms with Crippen LogP contribution in [0.2, 0.25) is 0 Å². The quantitative estimate of drug-likeness (QED) is 0.606. The minimum absolute atomic E-state index is 0.0638. The molecule has 2 aliphatic heterocycles. The van der Waals surface area contributed by atoms with Gasteiger partial charge < -0.3 is 15.4 Å². The van der Waals surface area contributed by atoms with Gasteiger partial charge in [0.2, 0.25) is 17.7 Å². The molecule has 0 aliphatic carbocycles. The molecule has 8 heteroatoms. The lowest BCUT2D eigenvalue weighted by Crippen LogP contribution is -2.46. The number of hydrogen-bond donors (Lipinski definition) is 2. The maximum atomic E-state index is 14.0. The third-order valence-corrected chi connectivity index (χ3v) is 6.14. The number of carbonyl (C=O) groups is 1. The van der Waals surface area contributed by atoms with E-state index < -0.39 is 5.41 Å². The number of rotatable bonds is 2. The molecular weight excluding hydrogens is 446 g/mol. The van der Waals surface area contributed by atoms with E-state index in [9.17, 15) is 10.1 Å². The van der Waals surface area contributed by atoms with Crippen LogP contribution in [0.4, 0.5) is 5.69 Å². The van der Waals surface area contributed by atoms with Crippen molar-refractivity contribution in [2.75, 3.05) is 11.4 Å². The molecule has 3 aromatic rings. The van der Waals surface area contributed by atoms with Gasteiger partial charge in [-0.3, -0.25) is 9.89 Å². The van der Waals surface area contributed by atoms with E-state index in [1.54, 1.807) is 4.90 Å². The summed E-state index contributed by atoms with van der Waals surface area (Å²) < 4.78 is 6.49. The maximum Gasteiger partial charge on any atom is 0.247 e. The fourth-order valence-corrected chi connectivity index (χ4v) is 4.79. The third-order valence-electron chi connectivity index (χ3n) is 5.65. The lowest BCUT2D eigenvalue weighted by Gasteiger charge is -2.32. The number of aromatic amines is 1. The molecule has 0 fully saturated rings. The van der Waals surface area contributed by atoms with Crippen molar-refractivity contribution in [3.63, 3.8) is 0 Å². The average Bonchev–Trinajstić information content (AvgIpc) is 3.27. The molecule has 1 aromatic heterocycles. The van der Waals surface area contributed by atoms with Gasteiger partial charge >= 0.3 is 0 Å².